The summed E-state index contributed by atoms with van der Waals surface area (Å²) in [6.07, 6.45) is 1.98. The molecule has 0 bridgehead atoms. The van der Waals surface area contributed by atoms with Gasteiger partial charge in [-0.05, 0) is 20.0 Å². The Bertz CT molecular complexity index is 209. The smallest absolute Gasteiger partial charge is 0.0936 e. The molecule has 0 saturated carbocycles. The Hall–Kier alpha value is -0.120. The molecule has 1 spiro atoms. The topological polar surface area (TPSA) is 19.0 Å². The Morgan fingerprint density at radius 1 is 1.38 bits per heavy atom. The molecule has 0 radical (unpaired) electrons. The van der Waals surface area contributed by atoms with Gasteiger partial charge in [0.2, 0.25) is 0 Å². The molecule has 3 aliphatic rings. The second-order valence-corrected chi connectivity index (χ2v) is 5.11. The molecule has 1 atom stereocenters. The van der Waals surface area contributed by atoms with Crippen molar-refractivity contribution >= 4 is 0 Å². The van der Waals surface area contributed by atoms with Crippen molar-refractivity contribution in [3.8, 4) is 0 Å². The molecule has 0 N–H and O–H groups in total. The van der Waals surface area contributed by atoms with E-state index in [0.717, 1.165) is 6.61 Å². The SMILES string of the molecule is CN1CC2(CCN(C[C@@H]3CO3)C2)C1. The highest BCUT2D eigenvalue weighted by Crippen LogP contribution is 2.38. The van der Waals surface area contributed by atoms with E-state index < -0.39 is 0 Å². The molecule has 0 unspecified atom stereocenters. The first-order valence-electron chi connectivity index (χ1n) is 5.28. The van der Waals surface area contributed by atoms with Gasteiger partial charge in [0.05, 0.1) is 12.7 Å². The third-order valence-electron chi connectivity index (χ3n) is 3.59. The number of epoxide rings is 1. The lowest BCUT2D eigenvalue weighted by molar-refractivity contribution is 0.0303. The Morgan fingerprint density at radius 3 is 2.77 bits per heavy atom. The highest BCUT2D eigenvalue weighted by Gasteiger charge is 2.46. The molecule has 3 rings (SSSR count). The second-order valence-electron chi connectivity index (χ2n) is 5.11. The summed E-state index contributed by atoms with van der Waals surface area (Å²) in [6, 6.07) is 0. The third-order valence-corrected chi connectivity index (χ3v) is 3.59. The van der Waals surface area contributed by atoms with Gasteiger partial charge in [0.15, 0.2) is 0 Å². The summed E-state index contributed by atoms with van der Waals surface area (Å²) in [4.78, 5) is 5.02. The fraction of sp³-hybridized carbons (Fsp3) is 1.00. The monoisotopic (exact) mass is 182 g/mol. The molecule has 0 aromatic carbocycles. The zero-order chi connectivity index (χ0) is 8.89. The van der Waals surface area contributed by atoms with Gasteiger partial charge in [0.1, 0.15) is 0 Å². The molecular weight excluding hydrogens is 164 g/mol. The van der Waals surface area contributed by atoms with Gasteiger partial charge >= 0.3 is 0 Å². The molecule has 13 heavy (non-hydrogen) atoms. The Morgan fingerprint density at radius 2 is 2.15 bits per heavy atom. The molecule has 3 heterocycles. The third kappa shape index (κ3) is 1.49. The van der Waals surface area contributed by atoms with E-state index in [0.29, 0.717) is 11.5 Å². The number of hydrogen-bond acceptors (Lipinski definition) is 3. The summed E-state index contributed by atoms with van der Waals surface area (Å²) in [5, 5.41) is 0. The molecule has 74 valence electrons. The number of nitrogens with zero attached hydrogens (tertiary/aromatic N) is 2. The maximum atomic E-state index is 5.26. The maximum Gasteiger partial charge on any atom is 0.0936 e. The van der Waals surface area contributed by atoms with Crippen LogP contribution < -0.4 is 0 Å². The molecule has 3 fully saturated rings. The van der Waals surface area contributed by atoms with Crippen LogP contribution in [0.15, 0.2) is 0 Å². The van der Waals surface area contributed by atoms with E-state index in [4.69, 9.17) is 4.74 Å². The fourth-order valence-corrected chi connectivity index (χ4v) is 3.00. The molecule has 3 nitrogen and oxygen atoms in total. The van der Waals surface area contributed by atoms with Crippen molar-refractivity contribution in [2.75, 3.05) is 46.4 Å². The van der Waals surface area contributed by atoms with E-state index in [9.17, 15) is 0 Å². The quantitative estimate of drug-likeness (QED) is 0.561. The average Bonchev–Trinajstić information content (AvgIpc) is 2.72. The lowest BCUT2D eigenvalue weighted by Gasteiger charge is -2.46. The van der Waals surface area contributed by atoms with E-state index in [1.165, 1.54) is 39.1 Å². The summed E-state index contributed by atoms with van der Waals surface area (Å²) < 4.78 is 5.26. The van der Waals surface area contributed by atoms with Gasteiger partial charge in [0, 0.05) is 31.6 Å². The second kappa shape index (κ2) is 2.69. The predicted molar refractivity (Wildman–Crippen MR) is 50.7 cm³/mol. The standard InChI is InChI=1S/C10H18N2O/c1-11-6-10(7-11)2-3-12(8-10)4-9-5-13-9/h9H,2-8H2,1H3/t9-/m1/s1. The van der Waals surface area contributed by atoms with Crippen molar-refractivity contribution in [1.29, 1.82) is 0 Å². The van der Waals surface area contributed by atoms with Gasteiger partial charge in [-0.15, -0.1) is 0 Å². The van der Waals surface area contributed by atoms with Gasteiger partial charge < -0.3 is 9.64 Å². The van der Waals surface area contributed by atoms with Crippen molar-refractivity contribution in [1.82, 2.24) is 9.80 Å². The molecule has 0 amide bonds. The van der Waals surface area contributed by atoms with Gasteiger partial charge in [-0.25, -0.2) is 0 Å². The fourth-order valence-electron chi connectivity index (χ4n) is 3.00. The highest BCUT2D eigenvalue weighted by atomic mass is 16.6. The van der Waals surface area contributed by atoms with Crippen molar-refractivity contribution in [2.45, 2.75) is 12.5 Å². The molecule has 0 aromatic rings. The highest BCUT2D eigenvalue weighted by molar-refractivity contribution is 5.00. The Balaban J connectivity index is 1.53. The van der Waals surface area contributed by atoms with Crippen LogP contribution in [0.25, 0.3) is 0 Å². The lowest BCUT2D eigenvalue weighted by Crippen LogP contribution is -2.55. The minimum absolute atomic E-state index is 0.577. The molecule has 0 aromatic heterocycles. The molecular formula is C10H18N2O. The summed E-state index contributed by atoms with van der Waals surface area (Å²) in [5.74, 6) is 0. The predicted octanol–water partition coefficient (Wildman–Crippen LogP) is 0.0227. The molecule has 3 aliphatic heterocycles. The van der Waals surface area contributed by atoms with E-state index in [1.54, 1.807) is 0 Å². The summed E-state index contributed by atoms with van der Waals surface area (Å²) in [5.41, 5.74) is 0.670. The van der Waals surface area contributed by atoms with Crippen LogP contribution in [0.3, 0.4) is 0 Å². The minimum atomic E-state index is 0.577. The number of rotatable bonds is 2. The zero-order valence-electron chi connectivity index (χ0n) is 8.33. The van der Waals surface area contributed by atoms with Crippen LogP contribution in [-0.2, 0) is 4.74 Å². The zero-order valence-corrected chi connectivity index (χ0v) is 8.33. The van der Waals surface area contributed by atoms with Crippen molar-refractivity contribution in [3.63, 3.8) is 0 Å². The first-order chi connectivity index (χ1) is 6.26. The van der Waals surface area contributed by atoms with Crippen LogP contribution >= 0.6 is 0 Å². The van der Waals surface area contributed by atoms with Crippen molar-refractivity contribution < 1.29 is 4.74 Å². The largest absolute Gasteiger partial charge is 0.372 e. The number of likely N-dealkylation sites (tertiary alicyclic amines) is 2. The summed E-state index contributed by atoms with van der Waals surface area (Å²) in [7, 11) is 2.22. The number of hydrogen-bond donors (Lipinski definition) is 0. The van der Waals surface area contributed by atoms with Gasteiger partial charge in [-0.2, -0.15) is 0 Å². The lowest BCUT2D eigenvalue weighted by atomic mass is 9.79. The minimum Gasteiger partial charge on any atom is -0.372 e. The van der Waals surface area contributed by atoms with E-state index >= 15 is 0 Å². The van der Waals surface area contributed by atoms with Gasteiger partial charge in [-0.3, -0.25) is 4.90 Å². The van der Waals surface area contributed by atoms with E-state index in [1.807, 2.05) is 0 Å². The maximum absolute atomic E-state index is 5.26. The van der Waals surface area contributed by atoms with E-state index in [-0.39, 0.29) is 0 Å². The van der Waals surface area contributed by atoms with Crippen molar-refractivity contribution in [2.24, 2.45) is 5.41 Å². The van der Waals surface area contributed by atoms with Gasteiger partial charge in [0.25, 0.3) is 0 Å². The van der Waals surface area contributed by atoms with Crippen LogP contribution in [-0.4, -0.2) is 62.3 Å². The summed E-state index contributed by atoms with van der Waals surface area (Å²) in [6.45, 7) is 7.43. The Kier molecular flexibility index (Phi) is 1.70. The van der Waals surface area contributed by atoms with Crippen LogP contribution in [0.1, 0.15) is 6.42 Å². The Labute approximate surface area is 79.6 Å². The van der Waals surface area contributed by atoms with Crippen LogP contribution in [0, 0.1) is 5.41 Å². The normalized spacial score (nSPS) is 38.1. The van der Waals surface area contributed by atoms with Crippen LogP contribution in [0.5, 0.6) is 0 Å². The van der Waals surface area contributed by atoms with Crippen LogP contribution in [0.2, 0.25) is 0 Å². The first-order valence-corrected chi connectivity index (χ1v) is 5.28. The molecule has 3 saturated heterocycles. The molecule has 0 aliphatic carbocycles. The van der Waals surface area contributed by atoms with Crippen molar-refractivity contribution in [3.05, 3.63) is 0 Å². The number of ether oxygens (including phenoxy) is 1. The summed E-state index contributed by atoms with van der Waals surface area (Å²) >= 11 is 0. The van der Waals surface area contributed by atoms with E-state index in [2.05, 4.69) is 16.8 Å². The first kappa shape index (κ1) is 8.21. The average molecular weight is 182 g/mol. The molecule has 3 heteroatoms. The van der Waals surface area contributed by atoms with Crippen LogP contribution in [0.4, 0.5) is 0 Å². The van der Waals surface area contributed by atoms with Gasteiger partial charge in [-0.1, -0.05) is 0 Å².